The van der Waals surface area contributed by atoms with Gasteiger partial charge in [0.15, 0.2) is 0 Å². The first kappa shape index (κ1) is 17.9. The molecule has 2 heterocycles. The van der Waals surface area contributed by atoms with Gasteiger partial charge in [0, 0.05) is 38.3 Å². The average molecular weight is 378 g/mol. The van der Waals surface area contributed by atoms with E-state index in [4.69, 9.17) is 0 Å². The highest BCUT2D eigenvalue weighted by Gasteiger charge is 2.33. The standard InChI is InChI=1S/C19H27N3O3S/c23-19(21-11-9-16-3-1-2-4-18(16)14-21)17-7-5-15(6-8-17)13-22-12-10-20-26(22,24)25/h5-8,16,18,20H,1-4,9-14H2. The zero-order valence-corrected chi connectivity index (χ0v) is 15.9. The first-order chi connectivity index (χ1) is 12.5. The number of piperidine rings is 1. The first-order valence-electron chi connectivity index (χ1n) is 9.66. The van der Waals surface area contributed by atoms with Crippen molar-refractivity contribution in [2.75, 3.05) is 26.2 Å². The Hall–Kier alpha value is -1.44. The van der Waals surface area contributed by atoms with Gasteiger partial charge in [-0.15, -0.1) is 0 Å². The van der Waals surface area contributed by atoms with E-state index in [2.05, 4.69) is 4.72 Å². The van der Waals surface area contributed by atoms with Crippen molar-refractivity contribution in [3.05, 3.63) is 35.4 Å². The van der Waals surface area contributed by atoms with Gasteiger partial charge in [0.05, 0.1) is 0 Å². The van der Waals surface area contributed by atoms with Crippen molar-refractivity contribution in [2.45, 2.75) is 38.6 Å². The molecule has 1 amide bonds. The highest BCUT2D eigenvalue weighted by molar-refractivity contribution is 7.87. The molecule has 1 saturated carbocycles. The maximum Gasteiger partial charge on any atom is 0.279 e. The molecular weight excluding hydrogens is 350 g/mol. The lowest BCUT2D eigenvalue weighted by Crippen LogP contribution is -2.44. The minimum atomic E-state index is -3.33. The second-order valence-corrected chi connectivity index (χ2v) is 9.53. The van der Waals surface area contributed by atoms with Crippen LogP contribution in [0.3, 0.4) is 0 Å². The summed E-state index contributed by atoms with van der Waals surface area (Å²) in [5, 5.41) is 0. The minimum Gasteiger partial charge on any atom is -0.338 e. The zero-order valence-electron chi connectivity index (χ0n) is 15.1. The fourth-order valence-electron chi connectivity index (χ4n) is 4.60. The van der Waals surface area contributed by atoms with Crippen LogP contribution in [0.1, 0.15) is 48.0 Å². The third-order valence-electron chi connectivity index (χ3n) is 6.12. The van der Waals surface area contributed by atoms with Crippen molar-refractivity contribution in [2.24, 2.45) is 11.8 Å². The molecule has 2 atom stereocenters. The molecule has 0 radical (unpaired) electrons. The monoisotopic (exact) mass is 377 g/mol. The fourth-order valence-corrected chi connectivity index (χ4v) is 5.78. The lowest BCUT2D eigenvalue weighted by Gasteiger charge is -2.41. The molecule has 26 heavy (non-hydrogen) atoms. The van der Waals surface area contributed by atoms with Gasteiger partial charge >= 0.3 is 0 Å². The Bertz CT molecular complexity index is 763. The number of nitrogens with one attached hydrogen (secondary N) is 1. The summed E-state index contributed by atoms with van der Waals surface area (Å²) in [6, 6.07) is 7.41. The summed E-state index contributed by atoms with van der Waals surface area (Å²) in [6.07, 6.45) is 6.36. The molecule has 3 fully saturated rings. The number of carbonyl (C=O) groups is 1. The minimum absolute atomic E-state index is 0.107. The third-order valence-corrected chi connectivity index (χ3v) is 7.68. The molecule has 7 heteroatoms. The van der Waals surface area contributed by atoms with Gasteiger partial charge in [0.2, 0.25) is 0 Å². The molecule has 1 aliphatic carbocycles. The molecule has 0 aromatic heterocycles. The molecule has 142 valence electrons. The van der Waals surface area contributed by atoms with Crippen molar-refractivity contribution in [1.29, 1.82) is 0 Å². The number of likely N-dealkylation sites (tertiary alicyclic amines) is 1. The van der Waals surface area contributed by atoms with E-state index in [1.807, 2.05) is 29.2 Å². The summed E-state index contributed by atoms with van der Waals surface area (Å²) >= 11 is 0. The van der Waals surface area contributed by atoms with Crippen LogP contribution in [-0.2, 0) is 16.8 Å². The maximum atomic E-state index is 12.8. The Labute approximate surface area is 155 Å². The van der Waals surface area contributed by atoms with Crippen LogP contribution in [0.4, 0.5) is 0 Å². The Morgan fingerprint density at radius 3 is 2.46 bits per heavy atom. The van der Waals surface area contributed by atoms with E-state index in [9.17, 15) is 13.2 Å². The topological polar surface area (TPSA) is 69.7 Å². The number of hydrogen-bond acceptors (Lipinski definition) is 3. The summed E-state index contributed by atoms with van der Waals surface area (Å²) in [5.74, 6) is 1.59. The van der Waals surface area contributed by atoms with Crippen LogP contribution >= 0.6 is 0 Å². The van der Waals surface area contributed by atoms with E-state index in [1.54, 1.807) is 0 Å². The van der Waals surface area contributed by atoms with Crippen molar-refractivity contribution >= 4 is 16.1 Å². The van der Waals surface area contributed by atoms with Crippen LogP contribution in [0.5, 0.6) is 0 Å². The molecule has 2 saturated heterocycles. The number of rotatable bonds is 3. The Kier molecular flexibility index (Phi) is 5.03. The normalized spacial score (nSPS) is 28.7. The van der Waals surface area contributed by atoms with Crippen LogP contribution in [0.25, 0.3) is 0 Å². The lowest BCUT2D eigenvalue weighted by atomic mass is 9.75. The maximum absolute atomic E-state index is 12.8. The predicted octanol–water partition coefficient (Wildman–Crippen LogP) is 1.99. The molecule has 1 N–H and O–H groups in total. The average Bonchev–Trinajstić information content (AvgIpc) is 2.99. The van der Waals surface area contributed by atoms with Gasteiger partial charge in [-0.2, -0.15) is 12.7 Å². The van der Waals surface area contributed by atoms with Crippen molar-refractivity contribution in [1.82, 2.24) is 13.9 Å². The van der Waals surface area contributed by atoms with Gasteiger partial charge in [-0.1, -0.05) is 31.4 Å². The highest BCUT2D eigenvalue weighted by atomic mass is 32.2. The van der Waals surface area contributed by atoms with Crippen LogP contribution in [0.2, 0.25) is 0 Å². The molecule has 2 unspecified atom stereocenters. The summed E-state index contributed by atoms with van der Waals surface area (Å²) in [7, 11) is -3.33. The van der Waals surface area contributed by atoms with Gasteiger partial charge in [-0.25, -0.2) is 4.72 Å². The number of amides is 1. The Morgan fingerprint density at radius 1 is 1.04 bits per heavy atom. The zero-order chi connectivity index (χ0) is 18.1. The molecule has 2 aliphatic heterocycles. The Morgan fingerprint density at radius 2 is 1.77 bits per heavy atom. The number of carbonyl (C=O) groups excluding carboxylic acids is 1. The van der Waals surface area contributed by atoms with E-state index < -0.39 is 10.2 Å². The number of nitrogens with zero attached hydrogens (tertiary/aromatic N) is 2. The molecule has 4 rings (SSSR count). The second-order valence-electron chi connectivity index (χ2n) is 7.77. The van der Waals surface area contributed by atoms with Crippen LogP contribution in [-0.4, -0.2) is 49.7 Å². The second kappa shape index (κ2) is 7.29. The first-order valence-corrected chi connectivity index (χ1v) is 11.1. The van der Waals surface area contributed by atoms with Gasteiger partial charge < -0.3 is 4.90 Å². The van der Waals surface area contributed by atoms with Gasteiger partial charge in [0.25, 0.3) is 16.1 Å². The smallest absolute Gasteiger partial charge is 0.279 e. The molecule has 3 aliphatic rings. The molecule has 0 bridgehead atoms. The predicted molar refractivity (Wildman–Crippen MR) is 99.7 cm³/mol. The van der Waals surface area contributed by atoms with Gasteiger partial charge in [0.1, 0.15) is 0 Å². The van der Waals surface area contributed by atoms with Crippen molar-refractivity contribution in [3.63, 3.8) is 0 Å². The number of benzene rings is 1. The third kappa shape index (κ3) is 3.66. The van der Waals surface area contributed by atoms with Crippen LogP contribution < -0.4 is 4.72 Å². The molecule has 1 aromatic carbocycles. The van der Waals surface area contributed by atoms with Crippen molar-refractivity contribution in [3.8, 4) is 0 Å². The lowest BCUT2D eigenvalue weighted by molar-refractivity contribution is 0.0521. The molecule has 0 spiro atoms. The summed E-state index contributed by atoms with van der Waals surface area (Å²) in [6.45, 7) is 3.04. The quantitative estimate of drug-likeness (QED) is 0.876. The summed E-state index contributed by atoms with van der Waals surface area (Å²) in [4.78, 5) is 14.9. The van der Waals surface area contributed by atoms with Gasteiger partial charge in [-0.05, 0) is 42.4 Å². The number of hydrogen-bond donors (Lipinski definition) is 1. The highest BCUT2D eigenvalue weighted by Crippen LogP contribution is 2.36. The fraction of sp³-hybridized carbons (Fsp3) is 0.632. The SMILES string of the molecule is O=C(c1ccc(CN2CCNS2(=O)=O)cc1)N1CCC2CCCCC2C1. The largest absolute Gasteiger partial charge is 0.338 e. The van der Waals surface area contributed by atoms with E-state index in [1.165, 1.54) is 30.0 Å². The number of fused-ring (bicyclic) bond motifs is 1. The van der Waals surface area contributed by atoms with E-state index >= 15 is 0 Å². The van der Waals surface area contributed by atoms with Crippen LogP contribution in [0, 0.1) is 11.8 Å². The van der Waals surface area contributed by atoms with Gasteiger partial charge in [-0.3, -0.25) is 4.79 Å². The summed E-state index contributed by atoms with van der Waals surface area (Å²) < 4.78 is 27.6. The van der Waals surface area contributed by atoms with E-state index in [0.717, 1.165) is 31.0 Å². The van der Waals surface area contributed by atoms with Crippen LogP contribution in [0.15, 0.2) is 24.3 Å². The van der Waals surface area contributed by atoms with E-state index in [0.29, 0.717) is 31.1 Å². The summed E-state index contributed by atoms with van der Waals surface area (Å²) in [5.41, 5.74) is 1.60. The molecule has 1 aromatic rings. The molecular formula is C19H27N3O3S. The van der Waals surface area contributed by atoms with E-state index in [-0.39, 0.29) is 5.91 Å². The Balaban J connectivity index is 1.39. The molecule has 6 nitrogen and oxygen atoms in total. The van der Waals surface area contributed by atoms with Crippen molar-refractivity contribution < 1.29 is 13.2 Å².